The minimum Gasteiger partial charge on any atom is -0.399 e. The Kier molecular flexibility index (Phi) is 4.93. The summed E-state index contributed by atoms with van der Waals surface area (Å²) in [6, 6.07) is 3.29. The van der Waals surface area contributed by atoms with Crippen molar-refractivity contribution in [1.82, 2.24) is 4.72 Å². The molecule has 2 rings (SSSR count). The molecule has 0 saturated heterocycles. The molecule has 0 aliphatic heterocycles. The summed E-state index contributed by atoms with van der Waals surface area (Å²) in [5.74, 6) is 0.390. The third-order valence-corrected chi connectivity index (χ3v) is 6.05. The molecule has 2 atom stereocenters. The Morgan fingerprint density at radius 2 is 2.15 bits per heavy atom. The molecule has 2 unspecified atom stereocenters. The molecular formula is C13H19FN2O2S2. The van der Waals surface area contributed by atoms with Crippen molar-refractivity contribution in [3.05, 3.63) is 24.0 Å². The molecule has 0 spiro atoms. The average molecular weight is 318 g/mol. The Morgan fingerprint density at radius 3 is 2.80 bits per heavy atom. The molecule has 20 heavy (non-hydrogen) atoms. The first-order valence-electron chi connectivity index (χ1n) is 6.60. The smallest absolute Gasteiger partial charge is 0.240 e. The first-order valence-corrected chi connectivity index (χ1v) is 9.14. The number of rotatable bonds is 5. The Bertz CT molecular complexity index is 557. The summed E-state index contributed by atoms with van der Waals surface area (Å²) in [5, 5.41) is 0.505. The normalized spacial score (nSPS) is 23.1. The summed E-state index contributed by atoms with van der Waals surface area (Å²) in [7, 11) is -3.71. The van der Waals surface area contributed by atoms with Gasteiger partial charge in [-0.25, -0.2) is 17.5 Å². The van der Waals surface area contributed by atoms with Gasteiger partial charge >= 0.3 is 0 Å². The molecule has 4 nitrogen and oxygen atoms in total. The van der Waals surface area contributed by atoms with Crippen molar-refractivity contribution in [2.75, 3.05) is 11.5 Å². The van der Waals surface area contributed by atoms with Crippen LogP contribution in [0.15, 0.2) is 23.1 Å². The van der Waals surface area contributed by atoms with Gasteiger partial charge in [0.05, 0.1) is 4.90 Å². The van der Waals surface area contributed by atoms with E-state index in [1.165, 1.54) is 6.07 Å². The SMILES string of the molecule is CCSC1CCC(NS(=O)(=O)c2cc(N)cc(F)c2)C1. The molecule has 3 N–H and O–H groups in total. The number of nitrogen functional groups attached to an aromatic ring is 1. The molecular weight excluding hydrogens is 299 g/mol. The number of halogens is 1. The van der Waals surface area contributed by atoms with Gasteiger partial charge in [-0.05, 0) is 43.2 Å². The van der Waals surface area contributed by atoms with E-state index in [4.69, 9.17) is 5.73 Å². The summed E-state index contributed by atoms with van der Waals surface area (Å²) in [5.41, 5.74) is 5.60. The molecule has 0 heterocycles. The number of nitrogens with two attached hydrogens (primary N) is 1. The highest BCUT2D eigenvalue weighted by molar-refractivity contribution is 7.99. The van der Waals surface area contributed by atoms with E-state index in [-0.39, 0.29) is 16.6 Å². The van der Waals surface area contributed by atoms with Crippen molar-refractivity contribution in [1.29, 1.82) is 0 Å². The van der Waals surface area contributed by atoms with E-state index in [9.17, 15) is 12.8 Å². The average Bonchev–Trinajstić information content (AvgIpc) is 2.75. The second kappa shape index (κ2) is 6.32. The van der Waals surface area contributed by atoms with Gasteiger partial charge in [0.1, 0.15) is 5.82 Å². The van der Waals surface area contributed by atoms with Crippen LogP contribution >= 0.6 is 11.8 Å². The number of hydrogen-bond acceptors (Lipinski definition) is 4. The summed E-state index contributed by atoms with van der Waals surface area (Å²) in [4.78, 5) is -0.110. The van der Waals surface area contributed by atoms with Gasteiger partial charge in [0.25, 0.3) is 0 Å². The molecule has 1 aliphatic rings. The van der Waals surface area contributed by atoms with Crippen molar-refractivity contribution >= 4 is 27.5 Å². The van der Waals surface area contributed by atoms with Crippen LogP contribution < -0.4 is 10.5 Å². The van der Waals surface area contributed by atoms with Crippen LogP contribution in [0.1, 0.15) is 26.2 Å². The maximum absolute atomic E-state index is 13.3. The van der Waals surface area contributed by atoms with E-state index < -0.39 is 15.8 Å². The fourth-order valence-corrected chi connectivity index (χ4v) is 4.95. The van der Waals surface area contributed by atoms with Crippen LogP contribution in [-0.2, 0) is 10.0 Å². The van der Waals surface area contributed by atoms with Gasteiger partial charge in [-0.3, -0.25) is 0 Å². The van der Waals surface area contributed by atoms with Crippen molar-refractivity contribution in [2.45, 2.75) is 42.4 Å². The Morgan fingerprint density at radius 1 is 1.40 bits per heavy atom. The zero-order valence-corrected chi connectivity index (χ0v) is 12.9. The lowest BCUT2D eigenvalue weighted by atomic mass is 10.3. The fourth-order valence-electron chi connectivity index (χ4n) is 2.46. The van der Waals surface area contributed by atoms with E-state index in [1.54, 1.807) is 0 Å². The third-order valence-electron chi connectivity index (χ3n) is 3.31. The molecule has 0 amide bonds. The number of sulfonamides is 1. The molecule has 0 bridgehead atoms. The van der Waals surface area contributed by atoms with E-state index in [0.29, 0.717) is 5.25 Å². The maximum atomic E-state index is 13.3. The van der Waals surface area contributed by atoms with E-state index in [2.05, 4.69) is 11.6 Å². The largest absolute Gasteiger partial charge is 0.399 e. The van der Waals surface area contributed by atoms with E-state index in [1.807, 2.05) is 11.8 Å². The van der Waals surface area contributed by atoms with Crippen molar-refractivity contribution in [3.8, 4) is 0 Å². The highest BCUT2D eigenvalue weighted by atomic mass is 32.2. The first kappa shape index (κ1) is 15.6. The molecule has 7 heteroatoms. The van der Waals surface area contributed by atoms with Crippen LogP contribution in [0.5, 0.6) is 0 Å². The number of nitrogens with one attached hydrogen (secondary N) is 1. The van der Waals surface area contributed by atoms with Gasteiger partial charge in [-0.2, -0.15) is 11.8 Å². The lowest BCUT2D eigenvalue weighted by Crippen LogP contribution is -2.33. The zero-order chi connectivity index (χ0) is 14.8. The number of benzene rings is 1. The monoisotopic (exact) mass is 318 g/mol. The van der Waals surface area contributed by atoms with Crippen LogP contribution in [0.2, 0.25) is 0 Å². The van der Waals surface area contributed by atoms with Crippen molar-refractivity contribution < 1.29 is 12.8 Å². The zero-order valence-electron chi connectivity index (χ0n) is 11.3. The number of hydrogen-bond donors (Lipinski definition) is 2. The predicted molar refractivity (Wildman–Crippen MR) is 80.7 cm³/mol. The summed E-state index contributed by atoms with van der Waals surface area (Å²) in [6.45, 7) is 2.09. The molecule has 1 fully saturated rings. The predicted octanol–water partition coefficient (Wildman–Crippen LogP) is 2.36. The van der Waals surface area contributed by atoms with Gasteiger partial charge in [0.2, 0.25) is 10.0 Å². The molecule has 1 saturated carbocycles. The highest BCUT2D eigenvalue weighted by Gasteiger charge is 2.28. The van der Waals surface area contributed by atoms with E-state index in [0.717, 1.165) is 37.1 Å². The Balaban J connectivity index is 2.08. The number of anilines is 1. The van der Waals surface area contributed by atoms with Crippen LogP contribution in [0, 0.1) is 5.82 Å². The van der Waals surface area contributed by atoms with Crippen LogP contribution in [-0.4, -0.2) is 25.5 Å². The molecule has 0 aromatic heterocycles. The highest BCUT2D eigenvalue weighted by Crippen LogP contribution is 2.30. The third kappa shape index (κ3) is 3.86. The minimum atomic E-state index is -3.71. The van der Waals surface area contributed by atoms with Crippen LogP contribution in [0.3, 0.4) is 0 Å². The van der Waals surface area contributed by atoms with Crippen LogP contribution in [0.25, 0.3) is 0 Å². The molecule has 1 aromatic carbocycles. The van der Waals surface area contributed by atoms with Crippen molar-refractivity contribution in [3.63, 3.8) is 0 Å². The molecule has 1 aliphatic carbocycles. The second-order valence-electron chi connectivity index (χ2n) is 4.93. The van der Waals surface area contributed by atoms with Gasteiger partial charge in [-0.15, -0.1) is 0 Å². The van der Waals surface area contributed by atoms with Gasteiger partial charge in [-0.1, -0.05) is 6.92 Å². The quantitative estimate of drug-likeness (QED) is 0.818. The van der Waals surface area contributed by atoms with Crippen molar-refractivity contribution in [2.24, 2.45) is 0 Å². The van der Waals surface area contributed by atoms with E-state index >= 15 is 0 Å². The Hall–Kier alpha value is -0.790. The minimum absolute atomic E-state index is 0.0754. The first-order chi connectivity index (χ1) is 9.40. The standard InChI is InChI=1S/C13H19FN2O2S2/c1-2-19-12-4-3-11(8-12)16-20(17,18)13-6-9(14)5-10(15)7-13/h5-7,11-12,16H,2-4,8,15H2,1H3. The summed E-state index contributed by atoms with van der Waals surface area (Å²) >= 11 is 1.85. The lowest BCUT2D eigenvalue weighted by molar-refractivity contribution is 0.550. The molecule has 0 radical (unpaired) electrons. The summed E-state index contributed by atoms with van der Waals surface area (Å²) in [6.07, 6.45) is 2.65. The summed E-state index contributed by atoms with van der Waals surface area (Å²) < 4.78 is 40.3. The lowest BCUT2D eigenvalue weighted by Gasteiger charge is -2.14. The van der Waals surface area contributed by atoms with Gasteiger partial charge < -0.3 is 5.73 Å². The maximum Gasteiger partial charge on any atom is 0.240 e. The molecule has 1 aromatic rings. The topological polar surface area (TPSA) is 72.2 Å². The van der Waals surface area contributed by atoms with Gasteiger partial charge in [0, 0.05) is 17.0 Å². The van der Waals surface area contributed by atoms with Gasteiger partial charge in [0.15, 0.2) is 0 Å². The number of thioether (sulfide) groups is 1. The Labute approximate surface area is 123 Å². The fraction of sp³-hybridized carbons (Fsp3) is 0.538. The molecule has 112 valence electrons. The second-order valence-corrected chi connectivity index (χ2v) is 8.22. The van der Waals surface area contributed by atoms with Crippen LogP contribution in [0.4, 0.5) is 10.1 Å².